The summed E-state index contributed by atoms with van der Waals surface area (Å²) in [6.45, 7) is 0. The van der Waals surface area contributed by atoms with Gasteiger partial charge in [-0.3, -0.25) is 0 Å². The maximum absolute atomic E-state index is 5.73. The van der Waals surface area contributed by atoms with Crippen molar-refractivity contribution < 1.29 is 0 Å². The van der Waals surface area contributed by atoms with E-state index in [0.717, 1.165) is 0 Å². The van der Waals surface area contributed by atoms with Gasteiger partial charge in [-0.1, -0.05) is 0 Å². The molecule has 0 aromatic heterocycles. The fourth-order valence-corrected chi connectivity index (χ4v) is 2.07. The molecule has 0 aliphatic heterocycles. The summed E-state index contributed by atoms with van der Waals surface area (Å²) in [5.74, 6) is 0.330. The van der Waals surface area contributed by atoms with E-state index in [-0.39, 0.29) is 10.8 Å². The Kier molecular flexibility index (Phi) is 1.90. The molecule has 0 N–H and O–H groups in total. The molecular formula is C4H4Cl4. The highest BCUT2D eigenvalue weighted by atomic mass is 35.5. The zero-order valence-electron chi connectivity index (χ0n) is 3.87. The minimum absolute atomic E-state index is 0.150. The van der Waals surface area contributed by atoms with E-state index in [1.54, 1.807) is 0 Å². The van der Waals surface area contributed by atoms with Crippen molar-refractivity contribution in [3.8, 4) is 0 Å². The average Bonchev–Trinajstić information content (AvgIpc) is 2.22. The second-order valence-corrected chi connectivity index (χ2v) is 3.78. The van der Waals surface area contributed by atoms with Crippen molar-refractivity contribution in [2.45, 2.75) is 15.6 Å². The zero-order chi connectivity index (χ0) is 6.36. The predicted molar refractivity (Wildman–Crippen MR) is 38.6 cm³/mol. The highest BCUT2D eigenvalue weighted by Gasteiger charge is 2.62. The van der Waals surface area contributed by atoms with E-state index in [0.29, 0.717) is 5.88 Å². The Morgan fingerprint density at radius 1 is 1.25 bits per heavy atom. The minimum Gasteiger partial charge on any atom is -0.125 e. The van der Waals surface area contributed by atoms with Gasteiger partial charge in [0.25, 0.3) is 0 Å². The molecule has 4 heteroatoms. The van der Waals surface area contributed by atoms with Crippen LogP contribution in [0.15, 0.2) is 0 Å². The Balaban J connectivity index is 2.50. The summed E-state index contributed by atoms with van der Waals surface area (Å²) in [6, 6.07) is 0. The van der Waals surface area contributed by atoms with Gasteiger partial charge in [-0.25, -0.2) is 0 Å². The van der Waals surface area contributed by atoms with Gasteiger partial charge in [-0.15, -0.1) is 46.4 Å². The molecule has 48 valence electrons. The lowest BCUT2D eigenvalue weighted by atomic mass is 10.5. The van der Waals surface area contributed by atoms with Gasteiger partial charge in [0.2, 0.25) is 0 Å². The highest BCUT2D eigenvalue weighted by molar-refractivity contribution is 6.49. The van der Waals surface area contributed by atoms with Crippen LogP contribution in [-0.2, 0) is 0 Å². The lowest BCUT2D eigenvalue weighted by Crippen LogP contribution is -2.05. The van der Waals surface area contributed by atoms with Crippen molar-refractivity contribution in [1.29, 1.82) is 0 Å². The molecular weight excluding hydrogens is 190 g/mol. The van der Waals surface area contributed by atoms with Gasteiger partial charge in [-0.2, -0.15) is 0 Å². The van der Waals surface area contributed by atoms with Crippen LogP contribution in [0.3, 0.4) is 0 Å². The summed E-state index contributed by atoms with van der Waals surface area (Å²) in [4.78, 5) is -0.523. The first-order valence-corrected chi connectivity index (χ1v) is 3.94. The van der Waals surface area contributed by atoms with Crippen LogP contribution in [0.5, 0.6) is 0 Å². The van der Waals surface area contributed by atoms with E-state index in [1.807, 2.05) is 0 Å². The third-order valence-electron chi connectivity index (χ3n) is 1.27. The molecule has 0 radical (unpaired) electrons. The maximum atomic E-state index is 5.73. The molecule has 1 aliphatic rings. The fourth-order valence-electron chi connectivity index (χ4n) is 0.471. The van der Waals surface area contributed by atoms with E-state index in [4.69, 9.17) is 46.4 Å². The average molecular weight is 194 g/mol. The van der Waals surface area contributed by atoms with E-state index in [1.165, 1.54) is 0 Å². The Morgan fingerprint density at radius 3 is 1.62 bits per heavy atom. The Labute approximate surface area is 68.0 Å². The summed E-state index contributed by atoms with van der Waals surface area (Å²) in [7, 11) is 0. The summed E-state index contributed by atoms with van der Waals surface area (Å²) >= 11 is 22.4. The fraction of sp³-hybridized carbons (Fsp3) is 1.00. The van der Waals surface area contributed by atoms with Crippen LogP contribution < -0.4 is 0 Å². The van der Waals surface area contributed by atoms with Crippen molar-refractivity contribution in [1.82, 2.24) is 0 Å². The molecule has 3 atom stereocenters. The molecule has 1 unspecified atom stereocenters. The third kappa shape index (κ3) is 0.824. The molecule has 0 nitrogen and oxygen atoms in total. The van der Waals surface area contributed by atoms with Crippen LogP contribution in [0.4, 0.5) is 0 Å². The molecule has 0 amide bonds. The summed E-state index contributed by atoms with van der Waals surface area (Å²) < 4.78 is 0. The molecule has 0 heterocycles. The molecule has 1 aliphatic carbocycles. The summed E-state index contributed by atoms with van der Waals surface area (Å²) in [5.41, 5.74) is 0. The lowest BCUT2D eigenvalue weighted by molar-refractivity contribution is 1.05. The van der Waals surface area contributed by atoms with Crippen LogP contribution in [0.2, 0.25) is 0 Å². The van der Waals surface area contributed by atoms with Crippen LogP contribution in [0.25, 0.3) is 0 Å². The normalized spacial score (nSPS) is 54.0. The second-order valence-electron chi connectivity index (χ2n) is 1.86. The molecule has 0 aromatic rings. The number of alkyl halides is 4. The van der Waals surface area contributed by atoms with Crippen LogP contribution >= 0.6 is 46.4 Å². The van der Waals surface area contributed by atoms with Crippen molar-refractivity contribution in [3.05, 3.63) is 0 Å². The van der Waals surface area contributed by atoms with E-state index < -0.39 is 4.87 Å². The zero-order valence-corrected chi connectivity index (χ0v) is 6.90. The topological polar surface area (TPSA) is 0 Å². The van der Waals surface area contributed by atoms with Gasteiger partial charge in [0.1, 0.15) is 0 Å². The second kappa shape index (κ2) is 2.09. The quantitative estimate of drug-likeness (QED) is 0.562. The number of hydrogen-bond donors (Lipinski definition) is 0. The van der Waals surface area contributed by atoms with Gasteiger partial charge < -0.3 is 0 Å². The molecule has 0 spiro atoms. The van der Waals surface area contributed by atoms with Crippen molar-refractivity contribution in [3.63, 3.8) is 0 Å². The molecule has 1 fully saturated rings. The smallest absolute Gasteiger partial charge is 0.0937 e. The SMILES string of the molecule is ClCC1(Cl)[C@H](Cl)[C@@H]1Cl. The largest absolute Gasteiger partial charge is 0.125 e. The molecule has 0 saturated heterocycles. The lowest BCUT2D eigenvalue weighted by Gasteiger charge is -1.95. The van der Waals surface area contributed by atoms with Gasteiger partial charge in [0.05, 0.1) is 15.6 Å². The summed E-state index contributed by atoms with van der Waals surface area (Å²) in [5, 5.41) is -0.299. The van der Waals surface area contributed by atoms with Gasteiger partial charge in [0, 0.05) is 5.88 Å². The van der Waals surface area contributed by atoms with Gasteiger partial charge >= 0.3 is 0 Å². The molecule has 0 aromatic carbocycles. The molecule has 1 rings (SSSR count). The van der Waals surface area contributed by atoms with Gasteiger partial charge in [-0.05, 0) is 0 Å². The number of rotatable bonds is 1. The maximum Gasteiger partial charge on any atom is 0.0937 e. The Bertz CT molecular complexity index is 94.2. The van der Waals surface area contributed by atoms with E-state index >= 15 is 0 Å². The van der Waals surface area contributed by atoms with Crippen LogP contribution in [0, 0.1) is 0 Å². The first-order chi connectivity index (χ1) is 3.63. The first kappa shape index (κ1) is 7.27. The molecule has 0 bridgehead atoms. The van der Waals surface area contributed by atoms with E-state index in [2.05, 4.69) is 0 Å². The van der Waals surface area contributed by atoms with Gasteiger partial charge in [0.15, 0.2) is 0 Å². The first-order valence-electron chi connectivity index (χ1n) is 2.16. The highest BCUT2D eigenvalue weighted by Crippen LogP contribution is 2.52. The third-order valence-corrected chi connectivity index (χ3v) is 4.09. The molecule has 1 saturated carbocycles. The van der Waals surface area contributed by atoms with E-state index in [9.17, 15) is 0 Å². The minimum atomic E-state index is -0.523. The van der Waals surface area contributed by atoms with Crippen LogP contribution in [0.1, 0.15) is 0 Å². The van der Waals surface area contributed by atoms with Crippen molar-refractivity contribution >= 4 is 46.4 Å². The number of halogens is 4. The standard InChI is InChI=1S/C4H4Cl4/c5-1-4(8)2(6)3(4)7/h2-3H,1H2/t2-,3+,4?. The van der Waals surface area contributed by atoms with Crippen LogP contribution in [-0.4, -0.2) is 21.5 Å². The number of hydrogen-bond acceptors (Lipinski definition) is 0. The molecule has 8 heavy (non-hydrogen) atoms. The summed E-state index contributed by atoms with van der Waals surface area (Å²) in [6.07, 6.45) is 0. The Morgan fingerprint density at radius 2 is 1.62 bits per heavy atom. The predicted octanol–water partition coefficient (Wildman–Crippen LogP) is 2.43. The van der Waals surface area contributed by atoms with Crippen molar-refractivity contribution in [2.24, 2.45) is 0 Å². The van der Waals surface area contributed by atoms with Crippen molar-refractivity contribution in [2.75, 3.05) is 5.88 Å². The Hall–Kier alpha value is 1.16. The monoisotopic (exact) mass is 192 g/mol.